The molecule has 0 atom stereocenters. The van der Waals surface area contributed by atoms with Crippen LogP contribution in [0.1, 0.15) is 38.8 Å². The van der Waals surface area contributed by atoms with E-state index in [9.17, 15) is 9.59 Å². The molecule has 0 spiro atoms. The molecule has 0 radical (unpaired) electrons. The zero-order chi connectivity index (χ0) is 19.2. The highest BCUT2D eigenvalue weighted by Crippen LogP contribution is 2.18. The van der Waals surface area contributed by atoms with Gasteiger partial charge >= 0.3 is 6.03 Å². The fourth-order valence-corrected chi connectivity index (χ4v) is 2.95. The van der Waals surface area contributed by atoms with Crippen LogP contribution in [-0.4, -0.2) is 54.5 Å². The second kappa shape index (κ2) is 9.03. The molecule has 1 aromatic rings. The van der Waals surface area contributed by atoms with Gasteiger partial charge in [-0.15, -0.1) is 0 Å². The minimum absolute atomic E-state index is 0.0842. The summed E-state index contributed by atoms with van der Waals surface area (Å²) in [7, 11) is 0. The highest BCUT2D eigenvalue weighted by atomic mass is 16.5. The van der Waals surface area contributed by atoms with Crippen molar-refractivity contribution in [1.29, 1.82) is 0 Å². The Morgan fingerprint density at radius 1 is 1.04 bits per heavy atom. The first-order valence-electron chi connectivity index (χ1n) is 9.29. The third-order valence-electron chi connectivity index (χ3n) is 4.51. The Hall–Kier alpha value is -2.08. The van der Waals surface area contributed by atoms with Crippen molar-refractivity contribution in [1.82, 2.24) is 15.1 Å². The average Bonchev–Trinajstić information content (AvgIpc) is 2.63. The Morgan fingerprint density at radius 3 is 2.19 bits per heavy atom. The molecule has 0 bridgehead atoms. The molecule has 1 aliphatic heterocycles. The summed E-state index contributed by atoms with van der Waals surface area (Å²) in [5.41, 5.74) is 1.78. The number of amides is 3. The lowest BCUT2D eigenvalue weighted by molar-refractivity contribution is -0.140. The van der Waals surface area contributed by atoms with Crippen LogP contribution < -0.4 is 5.32 Å². The van der Waals surface area contributed by atoms with Gasteiger partial charge in [-0.2, -0.15) is 0 Å². The molecule has 1 aliphatic rings. The van der Waals surface area contributed by atoms with Gasteiger partial charge in [-0.05, 0) is 18.1 Å². The molecule has 3 amide bonds. The van der Waals surface area contributed by atoms with Crippen LogP contribution >= 0.6 is 0 Å². The Morgan fingerprint density at radius 2 is 1.62 bits per heavy atom. The lowest BCUT2D eigenvalue weighted by Gasteiger charge is -2.37. The third-order valence-corrected chi connectivity index (χ3v) is 4.51. The van der Waals surface area contributed by atoms with Crippen LogP contribution in [0.5, 0.6) is 0 Å². The number of benzene rings is 1. The number of rotatable bonds is 5. The fourth-order valence-electron chi connectivity index (χ4n) is 2.95. The summed E-state index contributed by atoms with van der Waals surface area (Å²) in [6.45, 7) is 11.7. The lowest BCUT2D eigenvalue weighted by atomic mass is 9.94. The maximum Gasteiger partial charge on any atom is 0.317 e. The van der Waals surface area contributed by atoms with Crippen molar-refractivity contribution in [3.05, 3.63) is 35.4 Å². The Balaban J connectivity index is 1.84. The van der Waals surface area contributed by atoms with Crippen molar-refractivity contribution in [3.63, 3.8) is 0 Å². The first-order chi connectivity index (χ1) is 12.3. The van der Waals surface area contributed by atoms with E-state index in [-0.39, 0.29) is 17.4 Å². The van der Waals surface area contributed by atoms with Crippen molar-refractivity contribution in [2.45, 2.75) is 40.8 Å². The first-order valence-corrected chi connectivity index (χ1v) is 9.29. The number of urea groups is 1. The van der Waals surface area contributed by atoms with Crippen LogP contribution in [-0.2, 0) is 22.7 Å². The van der Waals surface area contributed by atoms with Gasteiger partial charge in [0.25, 0.3) is 0 Å². The number of nitrogens with one attached hydrogen (secondary N) is 1. The largest absolute Gasteiger partial charge is 0.377 e. The number of carbonyl (C=O) groups is 2. The molecule has 0 aromatic heterocycles. The molecule has 1 heterocycles. The summed E-state index contributed by atoms with van der Waals surface area (Å²) in [5.74, 6) is 0.141. The zero-order valence-electron chi connectivity index (χ0n) is 16.4. The maximum absolute atomic E-state index is 12.5. The minimum Gasteiger partial charge on any atom is -0.377 e. The van der Waals surface area contributed by atoms with Gasteiger partial charge in [0.15, 0.2) is 0 Å². The Labute approximate surface area is 156 Å². The molecule has 1 N–H and O–H groups in total. The summed E-state index contributed by atoms with van der Waals surface area (Å²) >= 11 is 0. The summed E-state index contributed by atoms with van der Waals surface area (Å²) in [6, 6.07) is 7.89. The van der Waals surface area contributed by atoms with Gasteiger partial charge in [0.2, 0.25) is 5.91 Å². The van der Waals surface area contributed by atoms with Crippen LogP contribution in [0, 0.1) is 5.41 Å². The predicted octanol–water partition coefficient (Wildman–Crippen LogP) is 2.62. The van der Waals surface area contributed by atoms with Gasteiger partial charge < -0.3 is 19.9 Å². The van der Waals surface area contributed by atoms with Crippen molar-refractivity contribution < 1.29 is 14.3 Å². The van der Waals surface area contributed by atoms with E-state index in [2.05, 4.69) is 5.32 Å². The zero-order valence-corrected chi connectivity index (χ0v) is 16.4. The highest BCUT2D eigenvalue weighted by molar-refractivity contribution is 5.82. The molecule has 144 valence electrons. The van der Waals surface area contributed by atoms with E-state index in [1.165, 1.54) is 0 Å². The molecule has 2 rings (SSSR count). The molecule has 6 heteroatoms. The monoisotopic (exact) mass is 361 g/mol. The van der Waals surface area contributed by atoms with Crippen LogP contribution in [0.25, 0.3) is 0 Å². The summed E-state index contributed by atoms with van der Waals surface area (Å²) in [5, 5.41) is 2.99. The normalized spacial score (nSPS) is 15.1. The number of hydrogen-bond acceptors (Lipinski definition) is 3. The van der Waals surface area contributed by atoms with E-state index in [1.807, 2.05) is 56.9 Å². The van der Waals surface area contributed by atoms with Crippen LogP contribution in [0.3, 0.4) is 0 Å². The first kappa shape index (κ1) is 20.2. The summed E-state index contributed by atoms with van der Waals surface area (Å²) in [6.07, 6.45) is 0. The number of nitrogens with zero attached hydrogens (tertiary/aromatic N) is 2. The van der Waals surface area contributed by atoms with Gasteiger partial charge in [0.1, 0.15) is 0 Å². The van der Waals surface area contributed by atoms with Gasteiger partial charge in [0.05, 0.1) is 6.61 Å². The SMILES string of the molecule is CCOCc1ccccc1CNC(=O)N1CCN(C(=O)C(C)(C)C)CC1. The van der Waals surface area contributed by atoms with E-state index in [1.54, 1.807) is 4.90 Å². The second-order valence-electron chi connectivity index (χ2n) is 7.59. The quantitative estimate of drug-likeness (QED) is 0.877. The highest BCUT2D eigenvalue weighted by Gasteiger charge is 2.30. The molecule has 0 unspecified atom stereocenters. The molecule has 0 saturated carbocycles. The molecular formula is C20H31N3O3. The predicted molar refractivity (Wildman–Crippen MR) is 102 cm³/mol. The van der Waals surface area contributed by atoms with Gasteiger partial charge in [0, 0.05) is 44.7 Å². The molecule has 26 heavy (non-hydrogen) atoms. The molecule has 0 aliphatic carbocycles. The molecule has 6 nitrogen and oxygen atoms in total. The minimum atomic E-state index is -0.380. The summed E-state index contributed by atoms with van der Waals surface area (Å²) in [4.78, 5) is 28.4. The van der Waals surface area contributed by atoms with Crippen LogP contribution in [0.4, 0.5) is 4.79 Å². The van der Waals surface area contributed by atoms with E-state index >= 15 is 0 Å². The van der Waals surface area contributed by atoms with Gasteiger partial charge in [-0.1, -0.05) is 45.0 Å². The Kier molecular flexibility index (Phi) is 7.03. The van der Waals surface area contributed by atoms with E-state index in [4.69, 9.17) is 4.74 Å². The molecule has 1 fully saturated rings. The molecular weight excluding hydrogens is 330 g/mol. The smallest absolute Gasteiger partial charge is 0.317 e. The van der Waals surface area contributed by atoms with E-state index < -0.39 is 0 Å². The average molecular weight is 361 g/mol. The van der Waals surface area contributed by atoms with Crippen LogP contribution in [0.15, 0.2) is 24.3 Å². The molecule has 1 aromatic carbocycles. The standard InChI is InChI=1S/C20H31N3O3/c1-5-26-15-17-9-7-6-8-16(17)14-21-19(25)23-12-10-22(11-13-23)18(24)20(2,3)4/h6-9H,5,10-15H2,1-4H3,(H,21,25). The van der Waals surface area contributed by atoms with E-state index in [0.29, 0.717) is 45.9 Å². The topological polar surface area (TPSA) is 61.9 Å². The lowest BCUT2D eigenvalue weighted by Crippen LogP contribution is -2.54. The summed E-state index contributed by atoms with van der Waals surface area (Å²) < 4.78 is 5.48. The number of piperazine rings is 1. The second-order valence-corrected chi connectivity index (χ2v) is 7.59. The number of carbonyl (C=O) groups excluding carboxylic acids is 2. The fraction of sp³-hybridized carbons (Fsp3) is 0.600. The van der Waals surface area contributed by atoms with Crippen molar-refractivity contribution in [2.24, 2.45) is 5.41 Å². The third kappa shape index (κ3) is 5.46. The maximum atomic E-state index is 12.5. The van der Waals surface area contributed by atoms with Crippen LogP contribution in [0.2, 0.25) is 0 Å². The van der Waals surface area contributed by atoms with Crippen molar-refractivity contribution in [2.75, 3.05) is 32.8 Å². The Bertz CT molecular complexity index is 617. The number of hydrogen-bond donors (Lipinski definition) is 1. The molecule has 1 saturated heterocycles. The van der Waals surface area contributed by atoms with Crippen molar-refractivity contribution >= 4 is 11.9 Å². The van der Waals surface area contributed by atoms with E-state index in [0.717, 1.165) is 11.1 Å². The van der Waals surface area contributed by atoms with Crippen molar-refractivity contribution in [3.8, 4) is 0 Å². The number of ether oxygens (including phenoxy) is 1. The van der Waals surface area contributed by atoms with Gasteiger partial charge in [-0.25, -0.2) is 4.79 Å². The van der Waals surface area contributed by atoms with Gasteiger partial charge in [-0.3, -0.25) is 4.79 Å².